The van der Waals surface area contributed by atoms with Crippen LogP contribution in [0.15, 0.2) is 54.6 Å². The molecule has 0 radical (unpaired) electrons. The molecule has 0 saturated carbocycles. The number of hydrogen-bond acceptors (Lipinski definition) is 5. The van der Waals surface area contributed by atoms with Crippen LogP contribution < -0.4 is 5.32 Å². The summed E-state index contributed by atoms with van der Waals surface area (Å²) < 4.78 is 23.7. The minimum Gasteiger partial charge on any atom is -0.353 e. The van der Waals surface area contributed by atoms with Gasteiger partial charge in [0.1, 0.15) is 6.04 Å². The van der Waals surface area contributed by atoms with Gasteiger partial charge in [-0.05, 0) is 32.1 Å². The molecule has 0 aromatic heterocycles. The van der Waals surface area contributed by atoms with E-state index >= 15 is 0 Å². The van der Waals surface area contributed by atoms with E-state index in [-0.39, 0.29) is 23.5 Å². The van der Waals surface area contributed by atoms with E-state index in [2.05, 4.69) is 41.4 Å². The van der Waals surface area contributed by atoms with Gasteiger partial charge < -0.3 is 10.2 Å². The van der Waals surface area contributed by atoms with Gasteiger partial charge in [0.15, 0.2) is 9.84 Å². The smallest absolute Gasteiger partial charge is 0.242 e. The van der Waals surface area contributed by atoms with Crippen molar-refractivity contribution in [3.05, 3.63) is 71.3 Å². The van der Waals surface area contributed by atoms with Crippen molar-refractivity contribution in [2.24, 2.45) is 0 Å². The zero-order valence-electron chi connectivity index (χ0n) is 17.9. The highest BCUT2D eigenvalue weighted by Crippen LogP contribution is 2.24. The summed E-state index contributed by atoms with van der Waals surface area (Å²) in [6, 6.07) is 17.5. The SMILES string of the molecule is Cc1ccc(C(CNC(=O)C(c2ccccc2)N2CCS(=O)(=O)CC2)N(C)C)cc1. The van der Waals surface area contributed by atoms with Crippen LogP contribution >= 0.6 is 0 Å². The van der Waals surface area contributed by atoms with E-state index in [0.717, 1.165) is 11.1 Å². The molecule has 2 atom stereocenters. The number of likely N-dealkylation sites (N-methyl/N-ethyl adjacent to an activating group) is 1. The third kappa shape index (κ3) is 5.68. The normalized spacial score (nSPS) is 18.7. The second-order valence-electron chi connectivity index (χ2n) is 8.14. The first-order valence-corrected chi connectivity index (χ1v) is 12.1. The van der Waals surface area contributed by atoms with Crippen molar-refractivity contribution in [1.82, 2.24) is 15.1 Å². The lowest BCUT2D eigenvalue weighted by Crippen LogP contribution is -2.48. The first kappa shape index (κ1) is 22.5. The Labute approximate surface area is 179 Å². The maximum absolute atomic E-state index is 13.3. The van der Waals surface area contributed by atoms with E-state index in [1.807, 2.05) is 49.3 Å². The average molecular weight is 430 g/mol. The Balaban J connectivity index is 1.76. The van der Waals surface area contributed by atoms with Gasteiger partial charge >= 0.3 is 0 Å². The molecule has 6 nitrogen and oxygen atoms in total. The highest BCUT2D eigenvalue weighted by molar-refractivity contribution is 7.91. The Hall–Kier alpha value is -2.22. The van der Waals surface area contributed by atoms with E-state index in [1.54, 1.807) is 0 Å². The Morgan fingerprint density at radius 2 is 1.60 bits per heavy atom. The van der Waals surface area contributed by atoms with Crippen molar-refractivity contribution in [2.75, 3.05) is 45.2 Å². The maximum Gasteiger partial charge on any atom is 0.242 e. The highest BCUT2D eigenvalue weighted by atomic mass is 32.2. The molecule has 0 spiro atoms. The van der Waals surface area contributed by atoms with Gasteiger partial charge in [-0.2, -0.15) is 0 Å². The van der Waals surface area contributed by atoms with E-state index in [1.165, 1.54) is 5.56 Å². The van der Waals surface area contributed by atoms with Gasteiger partial charge in [0.05, 0.1) is 17.5 Å². The van der Waals surface area contributed by atoms with Crippen LogP contribution in [0, 0.1) is 6.92 Å². The van der Waals surface area contributed by atoms with Crippen LogP contribution in [0.1, 0.15) is 28.8 Å². The summed E-state index contributed by atoms with van der Waals surface area (Å²) in [5.74, 6) is 0.0834. The van der Waals surface area contributed by atoms with Gasteiger partial charge in [0, 0.05) is 19.6 Å². The molecular weight excluding hydrogens is 398 g/mol. The van der Waals surface area contributed by atoms with E-state index in [4.69, 9.17) is 0 Å². The lowest BCUT2D eigenvalue weighted by molar-refractivity contribution is -0.126. The zero-order valence-corrected chi connectivity index (χ0v) is 18.7. The number of nitrogens with one attached hydrogen (secondary N) is 1. The van der Waals surface area contributed by atoms with Gasteiger partial charge in [-0.1, -0.05) is 60.2 Å². The molecule has 3 rings (SSSR count). The Morgan fingerprint density at radius 1 is 1.00 bits per heavy atom. The summed E-state index contributed by atoms with van der Waals surface area (Å²) >= 11 is 0. The Kier molecular flexibility index (Phi) is 7.28. The van der Waals surface area contributed by atoms with Crippen LogP contribution in [0.4, 0.5) is 0 Å². The van der Waals surface area contributed by atoms with Crippen molar-refractivity contribution in [1.29, 1.82) is 0 Å². The fourth-order valence-electron chi connectivity index (χ4n) is 3.83. The lowest BCUT2D eigenvalue weighted by Gasteiger charge is -2.34. The Bertz CT molecular complexity index is 929. The molecule has 2 aromatic carbocycles. The maximum atomic E-state index is 13.3. The number of carbonyl (C=O) groups is 1. The molecule has 1 aliphatic rings. The molecule has 1 heterocycles. The molecule has 1 amide bonds. The van der Waals surface area contributed by atoms with E-state index < -0.39 is 15.9 Å². The molecule has 0 aliphatic carbocycles. The molecule has 30 heavy (non-hydrogen) atoms. The molecule has 1 N–H and O–H groups in total. The molecule has 2 aromatic rings. The summed E-state index contributed by atoms with van der Waals surface area (Å²) in [6.07, 6.45) is 0. The fourth-order valence-corrected chi connectivity index (χ4v) is 5.06. The number of sulfone groups is 1. The number of carbonyl (C=O) groups excluding carboxylic acids is 1. The largest absolute Gasteiger partial charge is 0.353 e. The number of aryl methyl sites for hydroxylation is 1. The molecular formula is C23H31N3O3S. The third-order valence-electron chi connectivity index (χ3n) is 5.66. The number of rotatable bonds is 7. The van der Waals surface area contributed by atoms with Gasteiger partial charge in [-0.15, -0.1) is 0 Å². The fraction of sp³-hybridized carbons (Fsp3) is 0.435. The molecule has 1 fully saturated rings. The summed E-state index contributed by atoms with van der Waals surface area (Å²) in [6.45, 7) is 3.26. The average Bonchev–Trinajstić information content (AvgIpc) is 2.71. The van der Waals surface area contributed by atoms with Crippen LogP contribution in [0.5, 0.6) is 0 Å². The summed E-state index contributed by atoms with van der Waals surface area (Å²) in [5, 5.41) is 3.12. The van der Waals surface area contributed by atoms with Crippen molar-refractivity contribution >= 4 is 15.7 Å². The van der Waals surface area contributed by atoms with Gasteiger partial charge in [-0.3, -0.25) is 9.69 Å². The number of nitrogens with zero attached hydrogens (tertiary/aromatic N) is 2. The molecule has 7 heteroatoms. The number of amides is 1. The summed E-state index contributed by atoms with van der Waals surface area (Å²) in [5.41, 5.74) is 3.22. The second-order valence-corrected chi connectivity index (χ2v) is 10.4. The quantitative estimate of drug-likeness (QED) is 0.731. The Morgan fingerprint density at radius 3 is 2.17 bits per heavy atom. The zero-order chi connectivity index (χ0) is 21.7. The van der Waals surface area contributed by atoms with E-state index in [0.29, 0.717) is 19.6 Å². The molecule has 1 saturated heterocycles. The van der Waals surface area contributed by atoms with Crippen molar-refractivity contribution < 1.29 is 13.2 Å². The van der Waals surface area contributed by atoms with E-state index in [9.17, 15) is 13.2 Å². The third-order valence-corrected chi connectivity index (χ3v) is 7.27. The van der Waals surface area contributed by atoms with Crippen LogP contribution in [0.3, 0.4) is 0 Å². The minimum atomic E-state index is -3.01. The molecule has 2 unspecified atom stereocenters. The molecule has 1 aliphatic heterocycles. The van der Waals surface area contributed by atoms with Crippen LogP contribution in [-0.4, -0.2) is 69.4 Å². The molecule has 162 valence electrons. The predicted octanol–water partition coefficient (Wildman–Crippen LogP) is 2.19. The summed E-state index contributed by atoms with van der Waals surface area (Å²) in [7, 11) is 0.988. The lowest BCUT2D eigenvalue weighted by atomic mass is 10.0. The first-order chi connectivity index (χ1) is 14.3. The van der Waals surface area contributed by atoms with Crippen LogP contribution in [0.25, 0.3) is 0 Å². The molecule has 0 bridgehead atoms. The summed E-state index contributed by atoms with van der Waals surface area (Å²) in [4.78, 5) is 17.4. The van der Waals surface area contributed by atoms with Crippen molar-refractivity contribution in [3.8, 4) is 0 Å². The van der Waals surface area contributed by atoms with Crippen LogP contribution in [-0.2, 0) is 14.6 Å². The second kappa shape index (κ2) is 9.73. The van der Waals surface area contributed by atoms with Crippen LogP contribution in [0.2, 0.25) is 0 Å². The van der Waals surface area contributed by atoms with Gasteiger partial charge in [0.2, 0.25) is 5.91 Å². The predicted molar refractivity (Wildman–Crippen MR) is 120 cm³/mol. The van der Waals surface area contributed by atoms with Crippen molar-refractivity contribution in [3.63, 3.8) is 0 Å². The van der Waals surface area contributed by atoms with Gasteiger partial charge in [0.25, 0.3) is 0 Å². The highest BCUT2D eigenvalue weighted by Gasteiger charge is 2.32. The first-order valence-electron chi connectivity index (χ1n) is 10.3. The van der Waals surface area contributed by atoms with Gasteiger partial charge in [-0.25, -0.2) is 8.42 Å². The number of hydrogen-bond donors (Lipinski definition) is 1. The standard InChI is InChI=1S/C23H31N3O3S/c1-18-9-11-19(12-10-18)21(25(2)3)17-24-23(27)22(20-7-5-4-6-8-20)26-13-15-30(28,29)16-14-26/h4-12,21-22H,13-17H2,1-3H3,(H,24,27). The minimum absolute atomic E-state index is 0.0488. The topological polar surface area (TPSA) is 69.7 Å². The monoisotopic (exact) mass is 429 g/mol. The number of benzene rings is 2. The van der Waals surface area contributed by atoms with Crippen molar-refractivity contribution in [2.45, 2.75) is 19.0 Å².